The molecule has 1 amide bonds. The number of rotatable bonds is 10. The van der Waals surface area contributed by atoms with Crippen molar-refractivity contribution < 1.29 is 14.4 Å². The zero-order valence-corrected chi connectivity index (χ0v) is 12.3. The van der Waals surface area contributed by atoms with E-state index >= 15 is 0 Å². The van der Waals surface area contributed by atoms with Crippen molar-refractivity contribution in [3.63, 3.8) is 0 Å². The number of unbranched alkanes of at least 4 members (excludes halogenated alkanes) is 1. The van der Waals surface area contributed by atoms with E-state index in [0.29, 0.717) is 24.3 Å². The normalized spacial score (nSPS) is 11.6. The van der Waals surface area contributed by atoms with Crippen LogP contribution >= 0.6 is 11.8 Å². The molecule has 4 nitrogen and oxygen atoms in total. The summed E-state index contributed by atoms with van der Waals surface area (Å²) in [6.07, 6.45) is 8.14. The molecule has 0 aromatic rings. The van der Waals surface area contributed by atoms with Crippen LogP contribution in [0.3, 0.4) is 0 Å². The number of Topliss-reactive ketones (excluding diaryl/α,β-unsaturated/α-hetero) is 1. The molecule has 0 spiro atoms. The number of hydrogen-bond donors (Lipinski definition) is 1. The highest BCUT2D eigenvalue weighted by atomic mass is 32.2. The third-order valence-electron chi connectivity index (χ3n) is 2.28. The van der Waals surface area contributed by atoms with Gasteiger partial charge in [0.1, 0.15) is 0 Å². The Bertz CT molecular complexity index is 362. The molecule has 19 heavy (non-hydrogen) atoms. The van der Waals surface area contributed by atoms with Crippen molar-refractivity contribution in [2.24, 2.45) is 0 Å². The van der Waals surface area contributed by atoms with Crippen molar-refractivity contribution in [3.05, 3.63) is 23.8 Å². The first kappa shape index (κ1) is 17.6. The van der Waals surface area contributed by atoms with E-state index in [1.54, 1.807) is 13.0 Å². The fourth-order valence-corrected chi connectivity index (χ4v) is 1.85. The number of ketones is 1. The smallest absolute Gasteiger partial charge is 0.207 e. The van der Waals surface area contributed by atoms with Crippen LogP contribution in [0.2, 0.25) is 0 Å². The number of carbonyl (C=O) groups excluding carboxylic acids is 3. The molecule has 5 heteroatoms. The topological polar surface area (TPSA) is 63.2 Å². The molecule has 0 saturated heterocycles. The van der Waals surface area contributed by atoms with Crippen LogP contribution in [0.25, 0.3) is 0 Å². The quantitative estimate of drug-likeness (QED) is 0.220. The highest BCUT2D eigenvalue weighted by Gasteiger charge is 2.10. The Morgan fingerprint density at radius 3 is 2.68 bits per heavy atom. The minimum atomic E-state index is -0.164. The van der Waals surface area contributed by atoms with Gasteiger partial charge in [-0.2, -0.15) is 0 Å². The van der Waals surface area contributed by atoms with E-state index in [0.717, 1.165) is 24.6 Å². The van der Waals surface area contributed by atoms with E-state index in [4.69, 9.17) is 0 Å². The Morgan fingerprint density at radius 1 is 1.32 bits per heavy atom. The van der Waals surface area contributed by atoms with Crippen LogP contribution in [0.4, 0.5) is 0 Å². The summed E-state index contributed by atoms with van der Waals surface area (Å²) in [6.45, 7) is 4.23. The summed E-state index contributed by atoms with van der Waals surface area (Å²) in [6, 6.07) is 0. The number of nitrogens with one attached hydrogen (secondary N) is 1. The van der Waals surface area contributed by atoms with Gasteiger partial charge in [0.25, 0.3) is 0 Å². The summed E-state index contributed by atoms with van der Waals surface area (Å²) in [5.74, 6) is 0.339. The standard InChI is InChI=1S/C14H21NO3S/c1-3-4-5-6-7-12(2)13(17)10-14(18)19-9-8-15-11-16/h5-7,11H,3-4,8-10H2,1-2H3,(H,15,16)/b6-5+,12-7+. The van der Waals surface area contributed by atoms with Crippen molar-refractivity contribution in [2.45, 2.75) is 33.1 Å². The Kier molecular flexibility index (Phi) is 10.9. The maximum Gasteiger partial charge on any atom is 0.207 e. The minimum absolute atomic E-state index is 0.0876. The molecular formula is C14H21NO3S. The van der Waals surface area contributed by atoms with Gasteiger partial charge in [-0.05, 0) is 18.9 Å². The molecule has 0 aliphatic rings. The Balaban J connectivity index is 4.00. The van der Waals surface area contributed by atoms with Crippen molar-refractivity contribution in [2.75, 3.05) is 12.3 Å². The third kappa shape index (κ3) is 10.3. The monoisotopic (exact) mass is 283 g/mol. The number of carbonyl (C=O) groups is 3. The van der Waals surface area contributed by atoms with E-state index < -0.39 is 0 Å². The maximum absolute atomic E-state index is 11.7. The zero-order chi connectivity index (χ0) is 14.5. The van der Waals surface area contributed by atoms with Gasteiger partial charge in [-0.3, -0.25) is 14.4 Å². The third-order valence-corrected chi connectivity index (χ3v) is 3.15. The second-order valence-corrected chi connectivity index (χ2v) is 5.11. The van der Waals surface area contributed by atoms with Crippen LogP contribution in [0.5, 0.6) is 0 Å². The second-order valence-electron chi connectivity index (χ2n) is 3.96. The van der Waals surface area contributed by atoms with Gasteiger partial charge >= 0.3 is 0 Å². The van der Waals surface area contributed by atoms with Gasteiger partial charge in [-0.1, -0.05) is 43.3 Å². The molecule has 106 valence electrons. The molecule has 0 radical (unpaired) electrons. The minimum Gasteiger partial charge on any atom is -0.358 e. The van der Waals surface area contributed by atoms with E-state index in [1.165, 1.54) is 0 Å². The van der Waals surface area contributed by atoms with Crippen LogP contribution < -0.4 is 5.32 Å². The number of allylic oxidation sites excluding steroid dienone is 4. The van der Waals surface area contributed by atoms with E-state index in [-0.39, 0.29) is 17.3 Å². The number of amides is 1. The highest BCUT2D eigenvalue weighted by molar-refractivity contribution is 8.13. The lowest BCUT2D eigenvalue weighted by Gasteiger charge is -2.00. The molecular weight excluding hydrogens is 262 g/mol. The lowest BCUT2D eigenvalue weighted by atomic mass is 10.1. The Hall–Kier alpha value is -1.36. The predicted octanol–water partition coefficient (Wildman–Crippen LogP) is 2.25. The first-order valence-corrected chi connectivity index (χ1v) is 7.29. The number of thioether (sulfide) groups is 1. The molecule has 0 fully saturated rings. The van der Waals surface area contributed by atoms with Gasteiger partial charge in [0, 0.05) is 12.3 Å². The first-order valence-electron chi connectivity index (χ1n) is 6.31. The summed E-state index contributed by atoms with van der Waals surface area (Å²) in [7, 11) is 0. The summed E-state index contributed by atoms with van der Waals surface area (Å²) in [5.41, 5.74) is 0.590. The van der Waals surface area contributed by atoms with Crippen molar-refractivity contribution >= 4 is 29.1 Å². The molecule has 0 unspecified atom stereocenters. The lowest BCUT2D eigenvalue weighted by molar-refractivity contribution is -0.120. The largest absolute Gasteiger partial charge is 0.358 e. The van der Waals surface area contributed by atoms with Gasteiger partial charge in [0.15, 0.2) is 10.9 Å². The van der Waals surface area contributed by atoms with Gasteiger partial charge in [0.05, 0.1) is 6.42 Å². The van der Waals surface area contributed by atoms with Gasteiger partial charge in [-0.15, -0.1) is 0 Å². The van der Waals surface area contributed by atoms with Crippen LogP contribution in [0.15, 0.2) is 23.8 Å². The molecule has 0 rings (SSSR count). The van der Waals surface area contributed by atoms with Crippen molar-refractivity contribution in [1.29, 1.82) is 0 Å². The summed E-state index contributed by atoms with van der Waals surface area (Å²) in [5, 5.41) is 2.30. The predicted molar refractivity (Wildman–Crippen MR) is 79.0 cm³/mol. The maximum atomic E-state index is 11.7. The lowest BCUT2D eigenvalue weighted by Crippen LogP contribution is -2.15. The molecule has 0 bridgehead atoms. The molecule has 0 heterocycles. The number of hydrogen-bond acceptors (Lipinski definition) is 4. The zero-order valence-electron chi connectivity index (χ0n) is 11.5. The van der Waals surface area contributed by atoms with E-state index in [9.17, 15) is 14.4 Å². The molecule has 0 aromatic heterocycles. The van der Waals surface area contributed by atoms with Crippen molar-refractivity contribution in [3.8, 4) is 0 Å². The van der Waals surface area contributed by atoms with Gasteiger partial charge in [0.2, 0.25) is 6.41 Å². The van der Waals surface area contributed by atoms with Crippen LogP contribution in [0.1, 0.15) is 33.1 Å². The van der Waals surface area contributed by atoms with E-state index in [2.05, 4.69) is 12.2 Å². The summed E-state index contributed by atoms with van der Waals surface area (Å²) >= 11 is 1.07. The summed E-state index contributed by atoms with van der Waals surface area (Å²) in [4.78, 5) is 33.2. The SMILES string of the molecule is CCC/C=C/C=C(\C)C(=O)CC(=O)SCCNC=O. The van der Waals surface area contributed by atoms with Crippen LogP contribution in [0, 0.1) is 0 Å². The Labute approximate surface area is 118 Å². The van der Waals surface area contributed by atoms with Crippen molar-refractivity contribution in [1.82, 2.24) is 5.32 Å². The Morgan fingerprint density at radius 2 is 2.05 bits per heavy atom. The molecule has 0 saturated carbocycles. The fraction of sp³-hybridized carbons (Fsp3) is 0.500. The highest BCUT2D eigenvalue weighted by Crippen LogP contribution is 2.08. The van der Waals surface area contributed by atoms with Gasteiger partial charge in [-0.25, -0.2) is 0 Å². The molecule has 0 atom stereocenters. The molecule has 0 aromatic carbocycles. The average Bonchev–Trinajstić information content (AvgIpc) is 2.39. The molecule has 0 aliphatic heterocycles. The summed E-state index contributed by atoms with van der Waals surface area (Å²) < 4.78 is 0. The van der Waals surface area contributed by atoms with Crippen LogP contribution in [-0.2, 0) is 14.4 Å². The molecule has 0 aliphatic carbocycles. The molecule has 1 N–H and O–H groups in total. The van der Waals surface area contributed by atoms with E-state index in [1.807, 2.05) is 12.2 Å². The second kappa shape index (κ2) is 11.7. The average molecular weight is 283 g/mol. The first-order chi connectivity index (χ1) is 9.11. The fourth-order valence-electron chi connectivity index (χ4n) is 1.17. The van der Waals surface area contributed by atoms with Gasteiger partial charge < -0.3 is 5.32 Å². The van der Waals surface area contributed by atoms with Crippen LogP contribution in [-0.4, -0.2) is 29.6 Å².